The fourth-order valence-electron chi connectivity index (χ4n) is 4.64. The van der Waals surface area contributed by atoms with Crippen molar-refractivity contribution in [2.45, 2.75) is 65.5 Å². The normalized spacial score (nSPS) is 13.8. The van der Waals surface area contributed by atoms with Gasteiger partial charge < -0.3 is 24.7 Å². The molecule has 0 unspecified atom stereocenters. The van der Waals surface area contributed by atoms with E-state index >= 15 is 0 Å². The van der Waals surface area contributed by atoms with Gasteiger partial charge in [-0.3, -0.25) is 4.79 Å². The fraction of sp³-hybridized carbons (Fsp3) is 0.708. The zero-order chi connectivity index (χ0) is 22.6. The predicted molar refractivity (Wildman–Crippen MR) is 156 cm³/mol. The van der Waals surface area contributed by atoms with Gasteiger partial charge in [-0.1, -0.05) is 13.8 Å². The largest absolute Gasteiger partial charge is 0.347 e. The highest BCUT2D eigenvalue weighted by atomic mass is 35.5. The van der Waals surface area contributed by atoms with E-state index in [9.17, 15) is 4.79 Å². The molecule has 3 rings (SSSR count). The average Bonchev–Trinajstić information content (AvgIpc) is 3.51. The Bertz CT molecular complexity index is 714. The summed E-state index contributed by atoms with van der Waals surface area (Å²) in [6.07, 6.45) is 13.9. The van der Waals surface area contributed by atoms with Crippen LogP contribution in [0.2, 0.25) is 0 Å². The molecule has 0 aromatic carbocycles. The van der Waals surface area contributed by atoms with Crippen molar-refractivity contribution in [1.29, 1.82) is 0 Å². The third-order valence-corrected chi connectivity index (χ3v) is 6.32. The fourth-order valence-corrected chi connectivity index (χ4v) is 4.64. The van der Waals surface area contributed by atoms with Gasteiger partial charge in [-0.15, -0.1) is 49.6 Å². The monoisotopic (exact) mass is 587 g/mol. The molecule has 1 fully saturated rings. The molecule has 0 spiro atoms. The van der Waals surface area contributed by atoms with E-state index in [1.165, 1.54) is 45.3 Å². The molecule has 1 saturated heterocycles. The number of amides is 1. The van der Waals surface area contributed by atoms with E-state index < -0.39 is 0 Å². The van der Waals surface area contributed by atoms with Crippen LogP contribution in [0.3, 0.4) is 0 Å². The van der Waals surface area contributed by atoms with Gasteiger partial charge >= 0.3 is 0 Å². The molecule has 36 heavy (non-hydrogen) atoms. The number of unbranched alkanes of at least 4 members (excludes halogenated alkanes) is 1. The maximum absolute atomic E-state index is 13.3. The summed E-state index contributed by atoms with van der Waals surface area (Å²) in [5.74, 6) is 1.91. The number of hydrogen-bond acceptors (Lipinski definition) is 5. The van der Waals surface area contributed by atoms with Gasteiger partial charge in [-0.25, -0.2) is 9.97 Å². The number of likely N-dealkylation sites (tertiary alicyclic amines) is 1. The Balaban J connectivity index is 0. The summed E-state index contributed by atoms with van der Waals surface area (Å²) < 4.78 is 0. The lowest BCUT2D eigenvalue weighted by atomic mass is 9.95. The number of nitrogens with zero attached hydrogens (tertiary/aromatic N) is 5. The Hall–Kier alpha value is -1.03. The number of aromatic amines is 2. The predicted octanol–water partition coefficient (Wildman–Crippen LogP) is 4.96. The highest BCUT2D eigenvalue weighted by Crippen LogP contribution is 2.22. The molecule has 210 valence electrons. The molecule has 0 bridgehead atoms. The first-order valence-electron chi connectivity index (χ1n) is 12.4. The van der Waals surface area contributed by atoms with Crippen molar-refractivity contribution in [3.8, 4) is 0 Å². The van der Waals surface area contributed by atoms with E-state index in [0.29, 0.717) is 13.1 Å². The topological polar surface area (TPSA) is 84.2 Å². The van der Waals surface area contributed by atoms with Crippen LogP contribution in [-0.4, -0.2) is 79.8 Å². The number of nitrogens with one attached hydrogen (secondary N) is 2. The Kier molecular flexibility index (Phi) is 21.6. The van der Waals surface area contributed by atoms with Crippen LogP contribution in [0.15, 0.2) is 24.8 Å². The van der Waals surface area contributed by atoms with Crippen LogP contribution >= 0.6 is 49.6 Å². The molecule has 0 radical (unpaired) electrons. The quantitative estimate of drug-likeness (QED) is 0.305. The lowest BCUT2D eigenvalue weighted by Gasteiger charge is -2.34. The number of rotatable bonds is 14. The van der Waals surface area contributed by atoms with E-state index in [-0.39, 0.29) is 61.5 Å². The molecule has 8 nitrogen and oxygen atoms in total. The van der Waals surface area contributed by atoms with Crippen molar-refractivity contribution < 1.29 is 4.79 Å². The number of carbonyl (C=O) groups is 1. The SMILES string of the molecule is CCCN(CCC)CCCCN1CCC(C(=O)N(Cc2ncc[nH]2)Cc2ncc[nH]2)CC1.Cl.Cl.Cl.Cl. The van der Waals surface area contributed by atoms with Gasteiger partial charge in [0.05, 0.1) is 13.1 Å². The number of imidazole rings is 2. The first-order chi connectivity index (χ1) is 15.7. The summed E-state index contributed by atoms with van der Waals surface area (Å²) in [5.41, 5.74) is 0. The van der Waals surface area contributed by atoms with Crippen molar-refractivity contribution in [3.05, 3.63) is 36.4 Å². The molecule has 1 amide bonds. The molecular weight excluding hydrogens is 544 g/mol. The number of hydrogen-bond donors (Lipinski definition) is 2. The molecule has 2 aromatic rings. The second-order valence-electron chi connectivity index (χ2n) is 8.93. The summed E-state index contributed by atoms with van der Waals surface area (Å²) in [7, 11) is 0. The Morgan fingerprint density at radius 3 is 1.86 bits per heavy atom. The second kappa shape index (κ2) is 21.0. The van der Waals surface area contributed by atoms with E-state index in [2.05, 4.69) is 43.6 Å². The van der Waals surface area contributed by atoms with Crippen LogP contribution in [0, 0.1) is 5.92 Å². The number of halogens is 4. The number of carbonyl (C=O) groups excluding carboxylic acids is 1. The van der Waals surface area contributed by atoms with E-state index in [4.69, 9.17) is 0 Å². The summed E-state index contributed by atoms with van der Waals surface area (Å²) in [6, 6.07) is 0. The highest BCUT2D eigenvalue weighted by Gasteiger charge is 2.29. The van der Waals surface area contributed by atoms with E-state index in [0.717, 1.165) is 44.1 Å². The van der Waals surface area contributed by atoms with Gasteiger partial charge in [0, 0.05) is 30.7 Å². The van der Waals surface area contributed by atoms with Crippen molar-refractivity contribution in [2.75, 3.05) is 39.3 Å². The summed E-state index contributed by atoms with van der Waals surface area (Å²) in [4.78, 5) is 35.2. The molecule has 3 heterocycles. The molecule has 2 N–H and O–H groups in total. The minimum Gasteiger partial charge on any atom is -0.347 e. The van der Waals surface area contributed by atoms with Gasteiger partial charge in [0.15, 0.2) is 0 Å². The van der Waals surface area contributed by atoms with Crippen LogP contribution in [0.25, 0.3) is 0 Å². The van der Waals surface area contributed by atoms with Crippen LogP contribution in [-0.2, 0) is 17.9 Å². The minimum atomic E-state index is 0. The Labute approximate surface area is 241 Å². The van der Waals surface area contributed by atoms with E-state index in [1.54, 1.807) is 24.8 Å². The van der Waals surface area contributed by atoms with Crippen molar-refractivity contribution in [1.82, 2.24) is 34.6 Å². The average molecular weight is 589 g/mol. The highest BCUT2D eigenvalue weighted by molar-refractivity contribution is 5.86. The summed E-state index contributed by atoms with van der Waals surface area (Å²) in [5, 5.41) is 0. The summed E-state index contributed by atoms with van der Waals surface area (Å²) >= 11 is 0. The van der Waals surface area contributed by atoms with Crippen LogP contribution < -0.4 is 0 Å². The lowest BCUT2D eigenvalue weighted by Crippen LogP contribution is -2.42. The molecule has 1 aliphatic rings. The third-order valence-electron chi connectivity index (χ3n) is 6.32. The minimum absolute atomic E-state index is 0. The van der Waals surface area contributed by atoms with E-state index in [1.807, 2.05) is 4.90 Å². The van der Waals surface area contributed by atoms with Gasteiger partial charge in [-0.05, 0) is 77.8 Å². The van der Waals surface area contributed by atoms with Crippen molar-refractivity contribution >= 4 is 55.5 Å². The third kappa shape index (κ3) is 12.5. The van der Waals surface area contributed by atoms with Gasteiger partial charge in [0.1, 0.15) is 11.6 Å². The maximum Gasteiger partial charge on any atom is 0.226 e. The Morgan fingerprint density at radius 2 is 1.42 bits per heavy atom. The molecule has 0 saturated carbocycles. The molecular formula is C24H45Cl4N7O. The van der Waals surface area contributed by atoms with Gasteiger partial charge in [0.2, 0.25) is 5.91 Å². The van der Waals surface area contributed by atoms with Crippen LogP contribution in [0.4, 0.5) is 0 Å². The second-order valence-corrected chi connectivity index (χ2v) is 8.93. The van der Waals surface area contributed by atoms with Gasteiger partial charge in [-0.2, -0.15) is 0 Å². The number of aromatic nitrogens is 4. The zero-order valence-electron chi connectivity index (χ0n) is 21.6. The Morgan fingerprint density at radius 1 is 0.889 bits per heavy atom. The zero-order valence-corrected chi connectivity index (χ0v) is 24.8. The smallest absolute Gasteiger partial charge is 0.226 e. The molecule has 0 atom stereocenters. The van der Waals surface area contributed by atoms with Crippen LogP contribution in [0.5, 0.6) is 0 Å². The lowest BCUT2D eigenvalue weighted by molar-refractivity contribution is -0.138. The van der Waals surface area contributed by atoms with Gasteiger partial charge in [0.25, 0.3) is 0 Å². The van der Waals surface area contributed by atoms with Crippen molar-refractivity contribution in [2.24, 2.45) is 5.92 Å². The molecule has 12 heteroatoms. The first kappa shape index (κ1) is 37.1. The van der Waals surface area contributed by atoms with Crippen LogP contribution in [0.1, 0.15) is 64.0 Å². The summed E-state index contributed by atoms with van der Waals surface area (Å²) in [6.45, 7) is 12.3. The van der Waals surface area contributed by atoms with Crippen molar-refractivity contribution in [3.63, 3.8) is 0 Å². The number of H-pyrrole nitrogens is 2. The number of piperidine rings is 1. The standard InChI is InChI=1S/C24H41N7O.4ClH/c1-3-13-29(14-4-2)15-5-6-16-30-17-7-21(8-18-30)24(32)31(19-22-25-9-10-26-22)20-23-27-11-12-28-23;;;;/h9-12,21H,3-8,13-20H2,1-2H3,(H,25,26)(H,27,28);4*1H. The molecule has 0 aliphatic carbocycles. The molecule has 2 aromatic heterocycles. The molecule has 1 aliphatic heterocycles. The first-order valence-corrected chi connectivity index (χ1v) is 12.4. The maximum atomic E-state index is 13.3.